The third-order valence-electron chi connectivity index (χ3n) is 5.87. The van der Waals surface area contributed by atoms with E-state index in [9.17, 15) is 4.79 Å². The maximum absolute atomic E-state index is 12.5. The van der Waals surface area contributed by atoms with Crippen LogP contribution in [0, 0.1) is 6.92 Å². The van der Waals surface area contributed by atoms with Crippen LogP contribution in [0.15, 0.2) is 77.4 Å². The Balaban J connectivity index is 1.31. The number of aryl methyl sites for hydroxylation is 1. The summed E-state index contributed by atoms with van der Waals surface area (Å²) in [7, 11) is 0. The molecular formula is C27H26N4O3. The van der Waals surface area contributed by atoms with E-state index in [0.29, 0.717) is 12.2 Å². The van der Waals surface area contributed by atoms with Crippen molar-refractivity contribution in [2.24, 2.45) is 0 Å². The Labute approximate surface area is 198 Å². The van der Waals surface area contributed by atoms with Crippen LogP contribution in [0.5, 0.6) is 0 Å². The van der Waals surface area contributed by atoms with Gasteiger partial charge < -0.3 is 19.9 Å². The van der Waals surface area contributed by atoms with E-state index in [0.717, 1.165) is 53.2 Å². The predicted octanol–water partition coefficient (Wildman–Crippen LogP) is 5.36. The first-order valence-corrected chi connectivity index (χ1v) is 11.4. The number of carbonyl (C=O) groups excluding carboxylic acids is 1. The minimum Gasteiger partial charge on any atom is -0.376 e. The standard InChI is InChI=1S/C27H26N4O3/c1-18-10-11-21(30-20-7-4-6-19(14-20)24-9-2-3-12-28-24)15-23(18)25-16-26(34-31-25)27(32)29-17-22-8-5-13-33-22/h2-4,6-7,9-12,14-16,22,30H,5,8,13,17H2,1H3,(H,29,32). The van der Waals surface area contributed by atoms with Crippen LogP contribution in [0.3, 0.4) is 0 Å². The summed E-state index contributed by atoms with van der Waals surface area (Å²) in [5.74, 6) is -0.0960. The number of amides is 1. The van der Waals surface area contributed by atoms with Crippen molar-refractivity contribution >= 4 is 17.3 Å². The van der Waals surface area contributed by atoms with Crippen molar-refractivity contribution in [3.8, 4) is 22.5 Å². The summed E-state index contributed by atoms with van der Waals surface area (Å²) in [6.45, 7) is 3.24. The molecule has 7 heteroatoms. The van der Waals surface area contributed by atoms with Gasteiger partial charge in [-0.25, -0.2) is 0 Å². The van der Waals surface area contributed by atoms with Crippen molar-refractivity contribution < 1.29 is 14.1 Å². The van der Waals surface area contributed by atoms with Gasteiger partial charge in [-0.2, -0.15) is 0 Å². The van der Waals surface area contributed by atoms with Crippen molar-refractivity contribution in [1.82, 2.24) is 15.5 Å². The topological polar surface area (TPSA) is 89.3 Å². The second-order valence-electron chi connectivity index (χ2n) is 8.37. The molecule has 1 atom stereocenters. The Hall–Kier alpha value is -3.97. The molecule has 2 aromatic heterocycles. The van der Waals surface area contributed by atoms with Crippen LogP contribution < -0.4 is 10.6 Å². The Morgan fingerprint density at radius 3 is 2.76 bits per heavy atom. The quantitative estimate of drug-likeness (QED) is 0.391. The van der Waals surface area contributed by atoms with Crippen molar-refractivity contribution in [2.45, 2.75) is 25.9 Å². The molecule has 7 nitrogen and oxygen atoms in total. The van der Waals surface area contributed by atoms with E-state index in [1.807, 2.05) is 61.5 Å². The lowest BCUT2D eigenvalue weighted by Crippen LogP contribution is -2.31. The van der Waals surface area contributed by atoms with E-state index in [1.54, 1.807) is 12.3 Å². The highest BCUT2D eigenvalue weighted by atomic mass is 16.5. The highest BCUT2D eigenvalue weighted by Crippen LogP contribution is 2.29. The number of nitrogens with one attached hydrogen (secondary N) is 2. The van der Waals surface area contributed by atoms with E-state index < -0.39 is 0 Å². The average Bonchev–Trinajstić information content (AvgIpc) is 3.57. The Bertz CT molecular complexity index is 1280. The molecule has 1 amide bonds. The van der Waals surface area contributed by atoms with Crippen LogP contribution in [-0.4, -0.2) is 35.3 Å². The molecule has 1 saturated heterocycles. The fourth-order valence-electron chi connectivity index (χ4n) is 4.04. The second kappa shape index (κ2) is 9.89. The summed E-state index contributed by atoms with van der Waals surface area (Å²) < 4.78 is 10.9. The molecule has 0 spiro atoms. The van der Waals surface area contributed by atoms with Crippen LogP contribution >= 0.6 is 0 Å². The molecule has 2 N–H and O–H groups in total. The molecule has 34 heavy (non-hydrogen) atoms. The molecule has 1 aliphatic rings. The largest absolute Gasteiger partial charge is 0.376 e. The number of carbonyl (C=O) groups is 1. The normalized spacial score (nSPS) is 15.3. The van der Waals surface area contributed by atoms with Crippen molar-refractivity contribution in [3.05, 3.63) is 84.3 Å². The molecule has 4 aromatic rings. The van der Waals surface area contributed by atoms with Crippen LogP contribution in [0.1, 0.15) is 29.0 Å². The highest BCUT2D eigenvalue weighted by molar-refractivity contribution is 5.92. The first-order valence-electron chi connectivity index (χ1n) is 11.4. The minimum absolute atomic E-state index is 0.0764. The Morgan fingerprint density at radius 1 is 1.03 bits per heavy atom. The van der Waals surface area contributed by atoms with Crippen LogP contribution in [0.25, 0.3) is 22.5 Å². The minimum atomic E-state index is -0.285. The molecule has 1 fully saturated rings. The molecule has 0 aliphatic carbocycles. The fraction of sp³-hybridized carbons (Fsp3) is 0.222. The summed E-state index contributed by atoms with van der Waals surface area (Å²) in [6, 6.07) is 21.7. The van der Waals surface area contributed by atoms with Gasteiger partial charge in [0, 0.05) is 47.9 Å². The summed E-state index contributed by atoms with van der Waals surface area (Å²) in [4.78, 5) is 16.9. The fourth-order valence-corrected chi connectivity index (χ4v) is 4.04. The van der Waals surface area contributed by atoms with Crippen molar-refractivity contribution in [2.75, 3.05) is 18.5 Å². The summed E-state index contributed by atoms with van der Waals surface area (Å²) in [5.41, 5.74) is 6.36. The number of nitrogens with zero attached hydrogens (tertiary/aromatic N) is 2. The van der Waals surface area contributed by atoms with E-state index >= 15 is 0 Å². The van der Waals surface area contributed by atoms with E-state index in [2.05, 4.69) is 26.8 Å². The SMILES string of the molecule is Cc1ccc(Nc2cccc(-c3ccccn3)c2)cc1-c1cc(C(=O)NCC2CCCO2)on1. The van der Waals surface area contributed by atoms with Gasteiger partial charge in [0.2, 0.25) is 5.76 Å². The average molecular weight is 455 g/mol. The molecule has 0 saturated carbocycles. The molecule has 1 unspecified atom stereocenters. The van der Waals surface area contributed by atoms with Crippen LogP contribution in [-0.2, 0) is 4.74 Å². The third kappa shape index (κ3) is 5.00. The van der Waals surface area contributed by atoms with Gasteiger partial charge in [-0.05, 0) is 61.7 Å². The monoisotopic (exact) mass is 454 g/mol. The number of ether oxygens (including phenoxy) is 1. The lowest BCUT2D eigenvalue weighted by Gasteiger charge is -2.11. The van der Waals surface area contributed by atoms with Gasteiger partial charge in [0.05, 0.1) is 11.8 Å². The zero-order chi connectivity index (χ0) is 23.3. The second-order valence-corrected chi connectivity index (χ2v) is 8.37. The third-order valence-corrected chi connectivity index (χ3v) is 5.87. The van der Waals surface area contributed by atoms with Gasteiger partial charge in [-0.3, -0.25) is 9.78 Å². The van der Waals surface area contributed by atoms with Gasteiger partial charge in [-0.15, -0.1) is 0 Å². The molecule has 5 rings (SSSR count). The lowest BCUT2D eigenvalue weighted by molar-refractivity contribution is 0.0828. The summed E-state index contributed by atoms with van der Waals surface area (Å²) >= 11 is 0. The summed E-state index contributed by atoms with van der Waals surface area (Å²) in [5, 5.41) is 10.5. The van der Waals surface area contributed by atoms with E-state index in [1.165, 1.54) is 0 Å². The first-order chi connectivity index (χ1) is 16.7. The number of aromatic nitrogens is 2. The highest BCUT2D eigenvalue weighted by Gasteiger charge is 2.19. The smallest absolute Gasteiger partial charge is 0.290 e. The number of benzene rings is 2. The van der Waals surface area contributed by atoms with Crippen molar-refractivity contribution in [3.63, 3.8) is 0 Å². The summed E-state index contributed by atoms with van der Waals surface area (Å²) in [6.07, 6.45) is 3.86. The number of anilines is 2. The maximum Gasteiger partial charge on any atom is 0.290 e. The zero-order valence-electron chi connectivity index (χ0n) is 19.0. The molecule has 0 radical (unpaired) electrons. The van der Waals surface area contributed by atoms with E-state index in [-0.39, 0.29) is 17.8 Å². The molecule has 3 heterocycles. The molecule has 1 aliphatic heterocycles. The Morgan fingerprint density at radius 2 is 1.94 bits per heavy atom. The molecular weight excluding hydrogens is 428 g/mol. The van der Waals surface area contributed by atoms with Crippen LogP contribution in [0.4, 0.5) is 11.4 Å². The van der Waals surface area contributed by atoms with E-state index in [4.69, 9.17) is 9.26 Å². The number of rotatable bonds is 7. The van der Waals surface area contributed by atoms with Gasteiger partial charge >= 0.3 is 0 Å². The first kappa shape index (κ1) is 21.9. The molecule has 2 aromatic carbocycles. The van der Waals surface area contributed by atoms with Gasteiger partial charge in [0.15, 0.2) is 0 Å². The Kier molecular flexibility index (Phi) is 6.35. The van der Waals surface area contributed by atoms with Gasteiger partial charge in [0.25, 0.3) is 5.91 Å². The van der Waals surface area contributed by atoms with Gasteiger partial charge in [-0.1, -0.05) is 29.4 Å². The van der Waals surface area contributed by atoms with Gasteiger partial charge in [0.1, 0.15) is 5.69 Å². The maximum atomic E-state index is 12.5. The number of hydrogen-bond donors (Lipinski definition) is 2. The lowest BCUT2D eigenvalue weighted by atomic mass is 10.0. The van der Waals surface area contributed by atoms with Crippen molar-refractivity contribution in [1.29, 1.82) is 0 Å². The molecule has 172 valence electrons. The number of pyridine rings is 1. The molecule has 0 bridgehead atoms. The van der Waals surface area contributed by atoms with Crippen LogP contribution in [0.2, 0.25) is 0 Å². The predicted molar refractivity (Wildman–Crippen MR) is 131 cm³/mol. The number of hydrogen-bond acceptors (Lipinski definition) is 6. The zero-order valence-corrected chi connectivity index (χ0v) is 19.0.